The van der Waals surface area contributed by atoms with Crippen molar-refractivity contribution in [2.24, 2.45) is 0 Å². The average Bonchev–Trinajstić information content (AvgIpc) is 3.39. The second-order valence-corrected chi connectivity index (χ2v) is 6.74. The fourth-order valence-corrected chi connectivity index (χ4v) is 3.59. The lowest BCUT2D eigenvalue weighted by Gasteiger charge is -2.07. The van der Waals surface area contributed by atoms with E-state index in [9.17, 15) is 4.79 Å². The fraction of sp³-hybridized carbons (Fsp3) is 0.0556. The molecular weight excluding hydrogens is 386 g/mol. The van der Waals surface area contributed by atoms with Crippen molar-refractivity contribution in [1.82, 2.24) is 25.2 Å². The normalized spacial score (nSPS) is 10.7. The highest BCUT2D eigenvalue weighted by atomic mass is 35.5. The standard InChI is InChI=1S/C18H12ClN5O2S/c19-15-7-3-1-5-13(15)17-21-12(10-27-17)9-26-18(25)14-6-2-4-8-16(14)24-11-20-22-23-24/h1-8,10-11H,9H2. The number of hydrogen-bond donors (Lipinski definition) is 0. The highest BCUT2D eigenvalue weighted by Crippen LogP contribution is 2.30. The third kappa shape index (κ3) is 3.71. The quantitative estimate of drug-likeness (QED) is 0.476. The molecule has 27 heavy (non-hydrogen) atoms. The first-order chi connectivity index (χ1) is 13.2. The summed E-state index contributed by atoms with van der Waals surface area (Å²) in [5, 5.41) is 14.3. The van der Waals surface area contributed by atoms with Crippen molar-refractivity contribution in [3.8, 4) is 16.3 Å². The Labute approximate surface area is 163 Å². The van der Waals surface area contributed by atoms with Gasteiger partial charge in [-0.15, -0.1) is 16.4 Å². The molecule has 0 aliphatic carbocycles. The van der Waals surface area contributed by atoms with Crippen LogP contribution < -0.4 is 0 Å². The number of rotatable bonds is 5. The molecule has 0 atom stereocenters. The average molecular weight is 398 g/mol. The Balaban J connectivity index is 1.49. The molecule has 4 aromatic rings. The summed E-state index contributed by atoms with van der Waals surface area (Å²) in [5.41, 5.74) is 2.42. The number of aromatic nitrogens is 5. The van der Waals surface area contributed by atoms with Gasteiger partial charge in [-0.1, -0.05) is 41.9 Å². The summed E-state index contributed by atoms with van der Waals surface area (Å²) < 4.78 is 6.83. The molecule has 0 unspecified atom stereocenters. The van der Waals surface area contributed by atoms with Crippen LogP contribution in [0.5, 0.6) is 0 Å². The minimum absolute atomic E-state index is 0.0593. The molecule has 2 aromatic carbocycles. The van der Waals surface area contributed by atoms with Crippen molar-refractivity contribution in [3.63, 3.8) is 0 Å². The Kier molecular flexibility index (Phi) is 4.91. The number of benzene rings is 2. The molecule has 0 saturated carbocycles. The molecule has 2 heterocycles. The lowest BCUT2D eigenvalue weighted by atomic mass is 10.2. The zero-order valence-corrected chi connectivity index (χ0v) is 15.4. The molecule has 134 valence electrons. The van der Waals surface area contributed by atoms with Crippen LogP contribution in [-0.2, 0) is 11.3 Å². The molecule has 0 radical (unpaired) electrons. The van der Waals surface area contributed by atoms with Crippen LogP contribution in [0.2, 0.25) is 5.02 Å². The van der Waals surface area contributed by atoms with Crippen molar-refractivity contribution < 1.29 is 9.53 Å². The molecule has 0 spiro atoms. The van der Waals surface area contributed by atoms with Gasteiger partial charge in [-0.3, -0.25) is 0 Å². The van der Waals surface area contributed by atoms with Crippen LogP contribution in [0, 0.1) is 0 Å². The van der Waals surface area contributed by atoms with Crippen LogP contribution in [0.4, 0.5) is 0 Å². The van der Waals surface area contributed by atoms with Crippen LogP contribution in [-0.4, -0.2) is 31.2 Å². The van der Waals surface area contributed by atoms with E-state index >= 15 is 0 Å². The minimum atomic E-state index is -0.478. The second kappa shape index (κ2) is 7.65. The van der Waals surface area contributed by atoms with Gasteiger partial charge >= 0.3 is 5.97 Å². The van der Waals surface area contributed by atoms with Gasteiger partial charge in [-0.05, 0) is 28.6 Å². The second-order valence-electron chi connectivity index (χ2n) is 5.47. The number of esters is 1. The molecule has 2 aromatic heterocycles. The topological polar surface area (TPSA) is 82.8 Å². The van der Waals surface area contributed by atoms with E-state index in [2.05, 4.69) is 20.5 Å². The predicted molar refractivity (Wildman–Crippen MR) is 101 cm³/mol. The molecule has 4 rings (SSSR count). The number of tetrazole rings is 1. The van der Waals surface area contributed by atoms with Crippen LogP contribution in [0.1, 0.15) is 16.1 Å². The van der Waals surface area contributed by atoms with E-state index < -0.39 is 5.97 Å². The molecule has 0 fully saturated rings. The number of para-hydroxylation sites is 1. The van der Waals surface area contributed by atoms with E-state index in [0.29, 0.717) is 22.0 Å². The van der Waals surface area contributed by atoms with Crippen LogP contribution in [0.25, 0.3) is 16.3 Å². The Hall–Kier alpha value is -3.10. The van der Waals surface area contributed by atoms with Gasteiger partial charge in [0.1, 0.15) is 17.9 Å². The van der Waals surface area contributed by atoms with Crippen LogP contribution >= 0.6 is 22.9 Å². The summed E-state index contributed by atoms with van der Waals surface area (Å²) in [6.45, 7) is 0.0593. The molecule has 0 aliphatic rings. The molecular formula is C18H12ClN5O2S. The van der Waals surface area contributed by atoms with Crippen molar-refractivity contribution in [1.29, 1.82) is 0 Å². The SMILES string of the molecule is O=C(OCc1csc(-c2ccccc2Cl)n1)c1ccccc1-n1cnnn1. The fourth-order valence-electron chi connectivity index (χ4n) is 2.47. The Morgan fingerprint density at radius 3 is 2.78 bits per heavy atom. The number of carbonyl (C=O) groups excluding carboxylic acids is 1. The maximum Gasteiger partial charge on any atom is 0.340 e. The van der Waals surface area contributed by atoms with Crippen molar-refractivity contribution in [2.75, 3.05) is 0 Å². The summed E-state index contributed by atoms with van der Waals surface area (Å²) in [4.78, 5) is 17.0. The Morgan fingerprint density at radius 2 is 1.96 bits per heavy atom. The Morgan fingerprint density at radius 1 is 1.15 bits per heavy atom. The number of hydrogen-bond acceptors (Lipinski definition) is 7. The van der Waals surface area contributed by atoms with Gasteiger partial charge in [0.25, 0.3) is 0 Å². The first-order valence-electron chi connectivity index (χ1n) is 7.91. The van der Waals surface area contributed by atoms with Crippen LogP contribution in [0.15, 0.2) is 60.2 Å². The molecule has 9 heteroatoms. The summed E-state index contributed by atoms with van der Waals surface area (Å²) in [7, 11) is 0. The van der Waals surface area contributed by atoms with Gasteiger partial charge in [0.05, 0.1) is 22.0 Å². The zero-order valence-electron chi connectivity index (χ0n) is 13.8. The molecule has 0 saturated heterocycles. The highest BCUT2D eigenvalue weighted by molar-refractivity contribution is 7.13. The van der Waals surface area contributed by atoms with Crippen molar-refractivity contribution >= 4 is 28.9 Å². The van der Waals surface area contributed by atoms with E-state index in [0.717, 1.165) is 10.6 Å². The van der Waals surface area contributed by atoms with E-state index in [1.165, 1.54) is 22.3 Å². The number of halogens is 1. The molecule has 0 bridgehead atoms. The van der Waals surface area contributed by atoms with E-state index in [1.54, 1.807) is 24.3 Å². The monoisotopic (exact) mass is 397 g/mol. The van der Waals surface area contributed by atoms with E-state index in [-0.39, 0.29) is 6.61 Å². The smallest absolute Gasteiger partial charge is 0.340 e. The first kappa shape index (κ1) is 17.3. The number of carbonyl (C=O) groups is 1. The van der Waals surface area contributed by atoms with Gasteiger partial charge in [0.2, 0.25) is 0 Å². The van der Waals surface area contributed by atoms with Gasteiger partial charge in [-0.25, -0.2) is 9.78 Å². The zero-order chi connectivity index (χ0) is 18.6. The van der Waals surface area contributed by atoms with Gasteiger partial charge in [0, 0.05) is 10.9 Å². The van der Waals surface area contributed by atoms with Crippen LogP contribution in [0.3, 0.4) is 0 Å². The van der Waals surface area contributed by atoms with Crippen molar-refractivity contribution in [2.45, 2.75) is 6.61 Å². The lowest BCUT2D eigenvalue weighted by molar-refractivity contribution is 0.0468. The maximum atomic E-state index is 12.5. The molecule has 0 amide bonds. The Bertz CT molecular complexity index is 1080. The molecule has 0 aliphatic heterocycles. The number of thiazole rings is 1. The minimum Gasteiger partial charge on any atom is -0.455 e. The number of nitrogens with zero attached hydrogens (tertiary/aromatic N) is 5. The summed E-state index contributed by atoms with van der Waals surface area (Å²) >= 11 is 7.65. The van der Waals surface area contributed by atoms with E-state index in [4.69, 9.17) is 16.3 Å². The van der Waals surface area contributed by atoms with Gasteiger partial charge < -0.3 is 4.74 Å². The third-order valence-electron chi connectivity index (χ3n) is 3.73. The third-order valence-corrected chi connectivity index (χ3v) is 4.98. The van der Waals surface area contributed by atoms with Gasteiger partial charge in [-0.2, -0.15) is 4.68 Å². The summed E-state index contributed by atoms with van der Waals surface area (Å²) in [6, 6.07) is 14.4. The lowest BCUT2D eigenvalue weighted by Crippen LogP contribution is -2.10. The van der Waals surface area contributed by atoms with E-state index in [1.807, 2.05) is 29.6 Å². The number of ether oxygens (including phenoxy) is 1. The molecule has 7 nitrogen and oxygen atoms in total. The van der Waals surface area contributed by atoms with Crippen molar-refractivity contribution in [3.05, 3.63) is 76.5 Å². The predicted octanol–water partition coefficient (Wildman–Crippen LogP) is 3.80. The summed E-state index contributed by atoms with van der Waals surface area (Å²) in [5.74, 6) is -0.478. The summed E-state index contributed by atoms with van der Waals surface area (Å²) in [6.07, 6.45) is 1.42. The first-order valence-corrected chi connectivity index (χ1v) is 9.17. The molecule has 0 N–H and O–H groups in total. The largest absolute Gasteiger partial charge is 0.455 e. The highest BCUT2D eigenvalue weighted by Gasteiger charge is 2.16. The maximum absolute atomic E-state index is 12.5. The van der Waals surface area contributed by atoms with Gasteiger partial charge in [0.15, 0.2) is 0 Å².